The van der Waals surface area contributed by atoms with Crippen molar-refractivity contribution in [1.29, 1.82) is 0 Å². The van der Waals surface area contributed by atoms with Crippen LogP contribution in [0.3, 0.4) is 0 Å². The van der Waals surface area contributed by atoms with Gasteiger partial charge in [-0.05, 0) is 54.7 Å². The largest absolute Gasteiger partial charge is 0.349 e. The van der Waals surface area contributed by atoms with Gasteiger partial charge in [-0.3, -0.25) is 9.59 Å². The summed E-state index contributed by atoms with van der Waals surface area (Å²) in [7, 11) is -0.0214. The molecule has 160 valence electrons. The molecule has 2 amide bonds. The van der Waals surface area contributed by atoms with Crippen LogP contribution >= 0.6 is 0 Å². The van der Waals surface area contributed by atoms with Crippen LogP contribution in [-0.4, -0.2) is 45.3 Å². The van der Waals surface area contributed by atoms with Crippen LogP contribution in [0.2, 0.25) is 0 Å². The van der Waals surface area contributed by atoms with Crippen molar-refractivity contribution in [2.24, 2.45) is 0 Å². The van der Waals surface area contributed by atoms with Gasteiger partial charge in [-0.2, -0.15) is 0 Å². The number of nitrogens with zero attached hydrogens (tertiary/aromatic N) is 1. The van der Waals surface area contributed by atoms with E-state index in [1.807, 2.05) is 12.1 Å². The minimum Gasteiger partial charge on any atom is -0.349 e. The van der Waals surface area contributed by atoms with Crippen molar-refractivity contribution in [1.82, 2.24) is 9.62 Å². The predicted octanol–water partition coefficient (Wildman–Crippen LogP) is 2.33. The first-order chi connectivity index (χ1) is 14.2. The molecule has 2 N–H and O–H groups in total. The summed E-state index contributed by atoms with van der Waals surface area (Å²) in [6.45, 7) is 0. The number of hydrogen-bond donors (Lipinski definition) is 2. The Bertz CT molecular complexity index is 996. The van der Waals surface area contributed by atoms with Crippen LogP contribution in [-0.2, 0) is 32.5 Å². The fraction of sp³-hybridized carbons (Fsp3) is 0.364. The summed E-state index contributed by atoms with van der Waals surface area (Å²) < 4.78 is 27.0. The van der Waals surface area contributed by atoms with E-state index in [-0.39, 0.29) is 29.2 Å². The van der Waals surface area contributed by atoms with Gasteiger partial charge in [-0.25, -0.2) is 13.1 Å². The Morgan fingerprint density at radius 3 is 2.13 bits per heavy atom. The van der Waals surface area contributed by atoms with Crippen molar-refractivity contribution >= 4 is 27.5 Å². The summed E-state index contributed by atoms with van der Waals surface area (Å²) in [5, 5.41) is 2.84. The monoisotopic (exact) mass is 429 g/mol. The number of anilines is 1. The molecule has 1 fully saturated rings. The molecule has 8 heteroatoms. The van der Waals surface area contributed by atoms with E-state index >= 15 is 0 Å². The maximum Gasteiger partial charge on any atom is 0.240 e. The zero-order chi connectivity index (χ0) is 21.7. The van der Waals surface area contributed by atoms with E-state index in [9.17, 15) is 18.0 Å². The van der Waals surface area contributed by atoms with Crippen molar-refractivity contribution in [2.75, 3.05) is 19.4 Å². The molecule has 1 aliphatic rings. The van der Waals surface area contributed by atoms with E-state index in [2.05, 4.69) is 10.0 Å². The maximum atomic E-state index is 12.2. The summed E-state index contributed by atoms with van der Waals surface area (Å²) in [5.74, 6) is -0.104. The van der Waals surface area contributed by atoms with E-state index in [1.54, 1.807) is 55.4 Å². The molecule has 0 atom stereocenters. The molecule has 3 rings (SSSR count). The lowest BCUT2D eigenvalue weighted by Crippen LogP contribution is -2.25. The second-order valence-corrected chi connectivity index (χ2v) is 9.46. The average Bonchev–Trinajstić information content (AvgIpc) is 3.51. The van der Waals surface area contributed by atoms with E-state index in [1.165, 1.54) is 0 Å². The molecule has 0 unspecified atom stereocenters. The lowest BCUT2D eigenvalue weighted by molar-refractivity contribution is -0.128. The zero-order valence-corrected chi connectivity index (χ0v) is 18.0. The number of nitrogens with one attached hydrogen (secondary N) is 2. The Morgan fingerprint density at radius 1 is 0.967 bits per heavy atom. The Labute approximate surface area is 177 Å². The zero-order valence-electron chi connectivity index (χ0n) is 17.2. The molecule has 0 spiro atoms. The molecule has 1 aliphatic carbocycles. The number of aryl methyl sites for hydroxylation is 1. The molecule has 0 aliphatic heterocycles. The van der Waals surface area contributed by atoms with Crippen LogP contribution in [0.15, 0.2) is 53.4 Å². The van der Waals surface area contributed by atoms with Gasteiger partial charge in [0.05, 0.1) is 11.3 Å². The van der Waals surface area contributed by atoms with Crippen LogP contribution in [0, 0.1) is 0 Å². The van der Waals surface area contributed by atoms with Crippen molar-refractivity contribution < 1.29 is 18.0 Å². The maximum absolute atomic E-state index is 12.2. The number of likely N-dealkylation sites (N-methyl/N-ethyl adjacent to an activating group) is 1. The third-order valence-corrected chi connectivity index (χ3v) is 6.40. The smallest absolute Gasteiger partial charge is 0.240 e. The summed E-state index contributed by atoms with van der Waals surface area (Å²) in [5.41, 5.74) is 2.46. The fourth-order valence-electron chi connectivity index (χ4n) is 2.84. The number of rotatable bonds is 9. The molecule has 1 saturated carbocycles. The second-order valence-electron chi connectivity index (χ2n) is 7.75. The first-order valence-corrected chi connectivity index (χ1v) is 11.4. The number of carbonyl (C=O) groups is 2. The number of benzene rings is 2. The predicted molar refractivity (Wildman–Crippen MR) is 116 cm³/mol. The van der Waals surface area contributed by atoms with E-state index in [0.717, 1.165) is 24.0 Å². The topological polar surface area (TPSA) is 95.6 Å². The molecule has 0 saturated heterocycles. The van der Waals surface area contributed by atoms with E-state index in [4.69, 9.17) is 0 Å². The molecule has 0 aromatic heterocycles. The van der Waals surface area contributed by atoms with Crippen molar-refractivity contribution in [3.63, 3.8) is 0 Å². The number of amides is 2. The molecular weight excluding hydrogens is 402 g/mol. The van der Waals surface area contributed by atoms with Crippen LogP contribution in [0.4, 0.5) is 5.69 Å². The number of carbonyl (C=O) groups excluding carboxylic acids is 2. The van der Waals surface area contributed by atoms with Crippen LogP contribution in [0.25, 0.3) is 0 Å². The minimum atomic E-state index is -3.45. The summed E-state index contributed by atoms with van der Waals surface area (Å²) in [6, 6.07) is 13.9. The molecule has 30 heavy (non-hydrogen) atoms. The van der Waals surface area contributed by atoms with Gasteiger partial charge in [0.2, 0.25) is 21.8 Å². The standard InChI is InChI=1S/C22H27N3O4S/c1-25(2)22(27)15-17-3-8-18(9-4-17)23-21(26)14-7-16-5-12-20(13-6-16)30(28,29)24-19-10-11-19/h3-6,8-9,12-13,19,24H,7,10-11,14-15H2,1-2H3,(H,23,26). The fourth-order valence-corrected chi connectivity index (χ4v) is 4.15. The van der Waals surface area contributed by atoms with Crippen LogP contribution < -0.4 is 10.0 Å². The van der Waals surface area contributed by atoms with Gasteiger partial charge < -0.3 is 10.2 Å². The molecule has 7 nitrogen and oxygen atoms in total. The highest BCUT2D eigenvalue weighted by molar-refractivity contribution is 7.89. The first-order valence-electron chi connectivity index (χ1n) is 9.93. The third-order valence-electron chi connectivity index (χ3n) is 4.87. The normalized spacial score (nSPS) is 13.7. The Hall–Kier alpha value is -2.71. The Kier molecular flexibility index (Phi) is 6.89. The summed E-state index contributed by atoms with van der Waals surface area (Å²) in [6.07, 6.45) is 2.90. The Morgan fingerprint density at radius 2 is 1.57 bits per heavy atom. The van der Waals surface area contributed by atoms with Gasteiger partial charge in [0.1, 0.15) is 0 Å². The van der Waals surface area contributed by atoms with E-state index < -0.39 is 10.0 Å². The number of sulfonamides is 1. The first kappa shape index (κ1) is 22.0. The summed E-state index contributed by atoms with van der Waals surface area (Å²) >= 11 is 0. The second kappa shape index (κ2) is 9.40. The quantitative estimate of drug-likeness (QED) is 0.640. The van der Waals surface area contributed by atoms with Crippen LogP contribution in [0.1, 0.15) is 30.4 Å². The average molecular weight is 430 g/mol. The van der Waals surface area contributed by atoms with Gasteiger partial charge in [0.15, 0.2) is 0 Å². The van der Waals surface area contributed by atoms with Crippen molar-refractivity contribution in [3.05, 3.63) is 59.7 Å². The molecular formula is C22H27N3O4S. The highest BCUT2D eigenvalue weighted by atomic mass is 32.2. The molecule has 2 aromatic rings. The lowest BCUT2D eigenvalue weighted by Gasteiger charge is -2.11. The molecule has 2 aromatic carbocycles. The lowest BCUT2D eigenvalue weighted by atomic mass is 10.1. The van der Waals surface area contributed by atoms with Crippen LogP contribution in [0.5, 0.6) is 0 Å². The molecule has 0 radical (unpaired) electrons. The molecule has 0 heterocycles. The van der Waals surface area contributed by atoms with Gasteiger partial charge >= 0.3 is 0 Å². The van der Waals surface area contributed by atoms with Crippen molar-refractivity contribution in [2.45, 2.75) is 43.0 Å². The minimum absolute atomic E-state index is 0.0222. The highest BCUT2D eigenvalue weighted by Crippen LogP contribution is 2.22. The SMILES string of the molecule is CN(C)C(=O)Cc1ccc(NC(=O)CCc2ccc(S(=O)(=O)NC3CC3)cc2)cc1. The van der Waals surface area contributed by atoms with Crippen molar-refractivity contribution in [3.8, 4) is 0 Å². The van der Waals surface area contributed by atoms with Gasteiger partial charge in [-0.1, -0.05) is 24.3 Å². The van der Waals surface area contributed by atoms with Gasteiger partial charge in [0, 0.05) is 32.2 Å². The Balaban J connectivity index is 1.48. The molecule has 0 bridgehead atoms. The van der Waals surface area contributed by atoms with Gasteiger partial charge in [0.25, 0.3) is 0 Å². The summed E-state index contributed by atoms with van der Waals surface area (Å²) in [4.78, 5) is 25.7. The number of hydrogen-bond acceptors (Lipinski definition) is 4. The highest BCUT2D eigenvalue weighted by Gasteiger charge is 2.27. The third kappa shape index (κ3) is 6.40. The van der Waals surface area contributed by atoms with Gasteiger partial charge in [-0.15, -0.1) is 0 Å². The van der Waals surface area contributed by atoms with E-state index in [0.29, 0.717) is 18.5 Å².